The van der Waals surface area contributed by atoms with Crippen LogP contribution in [0.15, 0.2) is 30.3 Å². The van der Waals surface area contributed by atoms with Gasteiger partial charge in [0.15, 0.2) is 0 Å². The lowest BCUT2D eigenvalue weighted by Gasteiger charge is -2.22. The monoisotopic (exact) mass is 330 g/mol. The quantitative estimate of drug-likeness (QED) is 0.808. The van der Waals surface area contributed by atoms with Gasteiger partial charge in [0.1, 0.15) is 6.04 Å². The predicted molar refractivity (Wildman–Crippen MR) is 79.8 cm³/mol. The number of alkyl halides is 3. The van der Waals surface area contributed by atoms with Gasteiger partial charge in [0.2, 0.25) is 5.91 Å². The van der Waals surface area contributed by atoms with E-state index in [1.54, 1.807) is 6.07 Å². The number of hydrogen-bond acceptors (Lipinski definition) is 3. The lowest BCUT2D eigenvalue weighted by molar-refractivity contribution is -0.158. The van der Waals surface area contributed by atoms with E-state index in [0.717, 1.165) is 19.4 Å². The van der Waals surface area contributed by atoms with Gasteiger partial charge in [0.25, 0.3) is 0 Å². The summed E-state index contributed by atoms with van der Waals surface area (Å²) in [7, 11) is 0. The Morgan fingerprint density at radius 1 is 1.30 bits per heavy atom. The van der Waals surface area contributed by atoms with Gasteiger partial charge in [-0.15, -0.1) is 0 Å². The van der Waals surface area contributed by atoms with Crippen LogP contribution in [0, 0.1) is 0 Å². The van der Waals surface area contributed by atoms with Crippen molar-refractivity contribution in [3.05, 3.63) is 35.9 Å². The Balaban J connectivity index is 1.77. The largest absolute Gasteiger partial charge is 0.407 e. The number of rotatable bonds is 7. The van der Waals surface area contributed by atoms with Gasteiger partial charge in [-0.3, -0.25) is 10.1 Å². The first-order valence-corrected chi connectivity index (χ1v) is 7.70. The van der Waals surface area contributed by atoms with Crippen molar-refractivity contribution in [2.45, 2.75) is 37.6 Å². The average molecular weight is 330 g/mol. The molecule has 1 heterocycles. The van der Waals surface area contributed by atoms with Gasteiger partial charge in [-0.2, -0.15) is 13.2 Å². The molecule has 0 spiro atoms. The molecule has 1 aromatic carbocycles. The van der Waals surface area contributed by atoms with E-state index in [9.17, 15) is 18.0 Å². The second-order valence-electron chi connectivity index (χ2n) is 5.54. The molecule has 0 bridgehead atoms. The zero-order chi connectivity index (χ0) is 16.7. The van der Waals surface area contributed by atoms with Crippen LogP contribution in [0.1, 0.15) is 30.9 Å². The number of carbonyl (C=O) groups is 1. The van der Waals surface area contributed by atoms with E-state index in [2.05, 4.69) is 10.6 Å². The van der Waals surface area contributed by atoms with Gasteiger partial charge in [-0.1, -0.05) is 30.3 Å². The Labute approximate surface area is 133 Å². The summed E-state index contributed by atoms with van der Waals surface area (Å²) >= 11 is 0. The first kappa shape index (κ1) is 17.7. The molecule has 1 saturated heterocycles. The summed E-state index contributed by atoms with van der Waals surface area (Å²) in [5.74, 6) is -0.451. The molecule has 2 N–H and O–H groups in total. The van der Waals surface area contributed by atoms with Crippen molar-refractivity contribution < 1.29 is 22.7 Å². The number of amides is 1. The Kier molecular flexibility index (Phi) is 6.41. The lowest BCUT2D eigenvalue weighted by atomic mass is 10.1. The van der Waals surface area contributed by atoms with E-state index >= 15 is 0 Å². The number of benzene rings is 1. The molecule has 0 aliphatic carbocycles. The van der Waals surface area contributed by atoms with Crippen LogP contribution in [-0.4, -0.2) is 37.9 Å². The minimum absolute atomic E-state index is 0.0900. The van der Waals surface area contributed by atoms with Crippen LogP contribution in [0.2, 0.25) is 0 Å². The van der Waals surface area contributed by atoms with Crippen LogP contribution >= 0.6 is 0 Å². The van der Waals surface area contributed by atoms with Crippen molar-refractivity contribution in [2.24, 2.45) is 0 Å². The molecule has 7 heteroatoms. The highest BCUT2D eigenvalue weighted by atomic mass is 19.4. The Morgan fingerprint density at radius 3 is 2.65 bits per heavy atom. The van der Waals surface area contributed by atoms with Crippen LogP contribution < -0.4 is 10.6 Å². The molecule has 1 fully saturated rings. The summed E-state index contributed by atoms with van der Waals surface area (Å²) in [6, 6.07) is 5.65. The summed E-state index contributed by atoms with van der Waals surface area (Å²) in [5.41, 5.74) is 0.0900. The fourth-order valence-electron chi connectivity index (χ4n) is 2.57. The van der Waals surface area contributed by atoms with Crippen LogP contribution in [0.25, 0.3) is 0 Å². The normalized spacial score (nSPS) is 19.5. The van der Waals surface area contributed by atoms with Gasteiger partial charge < -0.3 is 10.1 Å². The smallest absolute Gasteiger partial charge is 0.378 e. The number of ether oxygens (including phenoxy) is 1. The molecule has 2 atom stereocenters. The highest BCUT2D eigenvalue weighted by Gasteiger charge is 2.40. The molecule has 1 amide bonds. The first-order chi connectivity index (χ1) is 11.0. The maximum absolute atomic E-state index is 13.1. The summed E-state index contributed by atoms with van der Waals surface area (Å²) in [6.45, 7) is 0.766. The summed E-state index contributed by atoms with van der Waals surface area (Å²) in [4.78, 5) is 11.7. The number of carbonyl (C=O) groups excluding carboxylic acids is 1. The maximum atomic E-state index is 13.1. The van der Waals surface area contributed by atoms with Gasteiger partial charge in [0, 0.05) is 13.2 Å². The summed E-state index contributed by atoms with van der Waals surface area (Å²) in [6.07, 6.45) is -1.63. The van der Waals surface area contributed by atoms with E-state index in [-0.39, 0.29) is 18.2 Å². The fourth-order valence-corrected chi connectivity index (χ4v) is 2.57. The van der Waals surface area contributed by atoms with Crippen LogP contribution in [0.4, 0.5) is 13.2 Å². The van der Waals surface area contributed by atoms with Gasteiger partial charge in [-0.05, 0) is 24.8 Å². The van der Waals surface area contributed by atoms with E-state index < -0.39 is 18.1 Å². The molecule has 1 aliphatic rings. The number of nitrogens with one attached hydrogen (secondary N) is 2. The van der Waals surface area contributed by atoms with Crippen molar-refractivity contribution in [3.8, 4) is 0 Å². The van der Waals surface area contributed by atoms with Gasteiger partial charge >= 0.3 is 6.18 Å². The Hall–Kier alpha value is -1.60. The Bertz CT molecular complexity index is 488. The highest BCUT2D eigenvalue weighted by molar-refractivity contribution is 5.78. The van der Waals surface area contributed by atoms with Crippen molar-refractivity contribution >= 4 is 5.91 Å². The van der Waals surface area contributed by atoms with E-state index in [1.165, 1.54) is 24.3 Å². The van der Waals surface area contributed by atoms with E-state index in [1.807, 2.05) is 0 Å². The molecule has 2 rings (SSSR count). The topological polar surface area (TPSA) is 50.4 Å². The number of hydrogen-bond donors (Lipinski definition) is 2. The molecule has 4 nitrogen and oxygen atoms in total. The molecule has 23 heavy (non-hydrogen) atoms. The molecule has 1 aliphatic heterocycles. The zero-order valence-electron chi connectivity index (χ0n) is 12.7. The van der Waals surface area contributed by atoms with Crippen molar-refractivity contribution in [1.29, 1.82) is 0 Å². The third-order valence-corrected chi connectivity index (χ3v) is 3.74. The average Bonchev–Trinajstić information content (AvgIpc) is 3.00. The molecule has 0 unspecified atom stereocenters. The van der Waals surface area contributed by atoms with Crippen LogP contribution in [-0.2, 0) is 9.53 Å². The SMILES string of the molecule is O=C(CN[C@@H](c1ccccc1)C(F)(F)F)NCC[C@H]1CCCO1. The highest BCUT2D eigenvalue weighted by Crippen LogP contribution is 2.32. The van der Waals surface area contributed by atoms with Crippen LogP contribution in [0.3, 0.4) is 0 Å². The van der Waals surface area contributed by atoms with Gasteiger partial charge in [-0.25, -0.2) is 0 Å². The second kappa shape index (κ2) is 8.31. The lowest BCUT2D eigenvalue weighted by Crippen LogP contribution is -2.41. The van der Waals surface area contributed by atoms with Gasteiger partial charge in [0.05, 0.1) is 12.6 Å². The van der Waals surface area contributed by atoms with Crippen LogP contribution in [0.5, 0.6) is 0 Å². The van der Waals surface area contributed by atoms with Crippen molar-refractivity contribution in [2.75, 3.05) is 19.7 Å². The minimum atomic E-state index is -4.46. The number of halogens is 3. The van der Waals surface area contributed by atoms with Crippen molar-refractivity contribution in [1.82, 2.24) is 10.6 Å². The maximum Gasteiger partial charge on any atom is 0.407 e. The second-order valence-corrected chi connectivity index (χ2v) is 5.54. The van der Waals surface area contributed by atoms with E-state index in [4.69, 9.17) is 4.74 Å². The molecule has 0 saturated carbocycles. The predicted octanol–water partition coefficient (Wildman–Crippen LogP) is 2.56. The summed E-state index contributed by atoms with van der Waals surface area (Å²) < 4.78 is 44.7. The molecular formula is C16H21F3N2O2. The standard InChI is InChI=1S/C16H21F3N2O2/c17-16(18,19)15(12-5-2-1-3-6-12)21-11-14(22)20-9-8-13-7-4-10-23-13/h1-3,5-6,13,15,21H,4,7-11H2,(H,20,22)/t13-,15+/m1/s1. The third kappa shape index (κ3) is 5.84. The molecular weight excluding hydrogens is 309 g/mol. The molecule has 0 aromatic heterocycles. The molecule has 128 valence electrons. The fraction of sp³-hybridized carbons (Fsp3) is 0.562. The zero-order valence-corrected chi connectivity index (χ0v) is 12.7. The first-order valence-electron chi connectivity index (χ1n) is 7.70. The van der Waals surface area contributed by atoms with E-state index in [0.29, 0.717) is 13.0 Å². The molecule has 0 radical (unpaired) electrons. The summed E-state index contributed by atoms with van der Waals surface area (Å²) in [5, 5.41) is 4.90. The molecule has 1 aromatic rings. The third-order valence-electron chi connectivity index (χ3n) is 3.74. The Morgan fingerprint density at radius 2 is 2.04 bits per heavy atom. The minimum Gasteiger partial charge on any atom is -0.378 e. The van der Waals surface area contributed by atoms with Crippen molar-refractivity contribution in [3.63, 3.8) is 0 Å².